The zero-order chi connectivity index (χ0) is 11.3. The molecule has 4 nitrogen and oxygen atoms in total. The molecule has 0 aliphatic carbocycles. The van der Waals surface area contributed by atoms with Crippen LogP contribution in [0.25, 0.3) is 0 Å². The molecule has 1 aromatic carbocycles. The van der Waals surface area contributed by atoms with E-state index in [2.05, 4.69) is 0 Å². The molecule has 15 heavy (non-hydrogen) atoms. The van der Waals surface area contributed by atoms with E-state index in [9.17, 15) is 4.79 Å². The zero-order valence-corrected chi connectivity index (χ0v) is 8.77. The normalized spacial score (nSPS) is 12.1. The Labute approximate surface area is 89.2 Å². The molecule has 0 aliphatic heterocycles. The summed E-state index contributed by atoms with van der Waals surface area (Å²) in [5.41, 5.74) is 11.6. The average Bonchev–Trinajstić information content (AvgIpc) is 2.26. The summed E-state index contributed by atoms with van der Waals surface area (Å²) in [6, 6.07) is 6.90. The van der Waals surface area contributed by atoms with Gasteiger partial charge in [0.2, 0.25) is 5.91 Å². The molecule has 0 fully saturated rings. The van der Waals surface area contributed by atoms with Crippen LogP contribution >= 0.6 is 0 Å². The van der Waals surface area contributed by atoms with E-state index in [4.69, 9.17) is 16.2 Å². The molecule has 0 heterocycles. The highest BCUT2D eigenvalue weighted by Gasteiger charge is 2.10. The Hall–Kier alpha value is -1.55. The van der Waals surface area contributed by atoms with Gasteiger partial charge in [-0.3, -0.25) is 4.79 Å². The molecule has 0 aliphatic rings. The Bertz CT molecular complexity index is 339. The van der Waals surface area contributed by atoms with Crippen molar-refractivity contribution < 1.29 is 9.53 Å². The third kappa shape index (κ3) is 3.25. The van der Waals surface area contributed by atoms with Crippen LogP contribution in [0.4, 0.5) is 0 Å². The molecule has 0 saturated carbocycles. The maximum absolute atomic E-state index is 10.7. The van der Waals surface area contributed by atoms with Gasteiger partial charge in [0.05, 0.1) is 0 Å². The second kappa shape index (κ2) is 5.36. The van der Waals surface area contributed by atoms with Gasteiger partial charge in [-0.05, 0) is 18.1 Å². The van der Waals surface area contributed by atoms with Crippen LogP contribution in [0.3, 0.4) is 0 Å². The quantitative estimate of drug-likeness (QED) is 0.737. The van der Waals surface area contributed by atoms with Crippen molar-refractivity contribution in [2.24, 2.45) is 11.5 Å². The van der Waals surface area contributed by atoms with Gasteiger partial charge in [-0.25, -0.2) is 0 Å². The summed E-state index contributed by atoms with van der Waals surface area (Å²) in [6.45, 7) is 2.16. The van der Waals surface area contributed by atoms with Gasteiger partial charge in [0.25, 0.3) is 0 Å². The minimum absolute atomic E-state index is 0.117. The lowest BCUT2D eigenvalue weighted by Gasteiger charge is -2.12. The van der Waals surface area contributed by atoms with Gasteiger partial charge >= 0.3 is 0 Å². The Morgan fingerprint density at radius 3 is 2.73 bits per heavy atom. The van der Waals surface area contributed by atoms with Crippen LogP contribution in [0, 0.1) is 0 Å². The third-order valence-electron chi connectivity index (χ3n) is 2.14. The maximum atomic E-state index is 10.7. The predicted octanol–water partition coefficient (Wildman–Crippen LogP) is 0.440. The van der Waals surface area contributed by atoms with Crippen LogP contribution in [-0.4, -0.2) is 18.6 Å². The fourth-order valence-corrected chi connectivity index (χ4v) is 1.20. The van der Waals surface area contributed by atoms with Gasteiger partial charge in [0.1, 0.15) is 18.4 Å². The van der Waals surface area contributed by atoms with E-state index in [0.717, 1.165) is 17.7 Å². The molecule has 1 amide bonds. The highest BCUT2D eigenvalue weighted by atomic mass is 16.5. The Morgan fingerprint density at radius 1 is 1.47 bits per heavy atom. The van der Waals surface area contributed by atoms with Gasteiger partial charge in [-0.1, -0.05) is 25.1 Å². The lowest BCUT2D eigenvalue weighted by atomic mass is 10.1. The number of carbonyl (C=O) groups excluding carboxylic acids is 1. The molecular formula is C11H16N2O2. The van der Waals surface area contributed by atoms with E-state index in [-0.39, 0.29) is 6.61 Å². The molecule has 82 valence electrons. The molecular weight excluding hydrogens is 192 g/mol. The molecule has 1 aromatic rings. The number of carbonyl (C=O) groups is 1. The minimum atomic E-state index is -0.755. The summed E-state index contributed by atoms with van der Waals surface area (Å²) in [5.74, 6) is 0.209. The van der Waals surface area contributed by atoms with Crippen molar-refractivity contribution >= 4 is 5.91 Å². The van der Waals surface area contributed by atoms with Crippen molar-refractivity contribution in [2.75, 3.05) is 6.61 Å². The summed E-state index contributed by atoms with van der Waals surface area (Å²) >= 11 is 0. The Kier molecular flexibility index (Phi) is 4.12. The number of aryl methyl sites for hydroxylation is 1. The summed E-state index contributed by atoms with van der Waals surface area (Å²) in [5, 5.41) is 0. The molecule has 0 saturated heterocycles. The van der Waals surface area contributed by atoms with Crippen LogP contribution in [0.1, 0.15) is 12.5 Å². The second-order valence-corrected chi connectivity index (χ2v) is 3.28. The van der Waals surface area contributed by atoms with Crippen molar-refractivity contribution in [2.45, 2.75) is 19.4 Å². The topological polar surface area (TPSA) is 78.3 Å². The Balaban J connectivity index is 2.60. The van der Waals surface area contributed by atoms with Crippen LogP contribution < -0.4 is 16.2 Å². The number of rotatable bonds is 5. The number of hydrogen-bond donors (Lipinski definition) is 2. The second-order valence-electron chi connectivity index (χ2n) is 3.28. The maximum Gasteiger partial charge on any atom is 0.237 e. The van der Waals surface area contributed by atoms with Gasteiger partial charge in [0.15, 0.2) is 0 Å². The average molecular weight is 208 g/mol. The molecule has 0 aromatic heterocycles. The van der Waals surface area contributed by atoms with Gasteiger partial charge < -0.3 is 16.2 Å². The standard InChI is InChI=1S/C11H16N2O2/c1-2-8-5-3-4-6-10(8)15-7-9(12)11(13)14/h3-6,9H,2,7,12H2,1H3,(H2,13,14). The number of ether oxygens (including phenoxy) is 1. The van der Waals surface area contributed by atoms with E-state index in [1.807, 2.05) is 31.2 Å². The van der Waals surface area contributed by atoms with E-state index in [0.29, 0.717) is 0 Å². The van der Waals surface area contributed by atoms with Gasteiger partial charge in [-0.15, -0.1) is 0 Å². The summed E-state index contributed by atoms with van der Waals surface area (Å²) in [7, 11) is 0. The number of hydrogen-bond acceptors (Lipinski definition) is 3. The van der Waals surface area contributed by atoms with Crippen molar-refractivity contribution in [1.29, 1.82) is 0 Å². The Morgan fingerprint density at radius 2 is 2.13 bits per heavy atom. The lowest BCUT2D eigenvalue weighted by molar-refractivity contribution is -0.119. The highest BCUT2D eigenvalue weighted by Crippen LogP contribution is 2.18. The van der Waals surface area contributed by atoms with Gasteiger partial charge in [-0.2, -0.15) is 0 Å². The molecule has 0 spiro atoms. The fraction of sp³-hybridized carbons (Fsp3) is 0.364. The summed E-state index contributed by atoms with van der Waals surface area (Å²) < 4.78 is 5.43. The number of amides is 1. The summed E-state index contributed by atoms with van der Waals surface area (Å²) in [4.78, 5) is 10.7. The lowest BCUT2D eigenvalue weighted by Crippen LogP contribution is -2.41. The molecule has 1 unspecified atom stereocenters. The minimum Gasteiger partial charge on any atom is -0.491 e. The number of nitrogens with two attached hydrogens (primary N) is 2. The van der Waals surface area contributed by atoms with Crippen LogP contribution in [0.5, 0.6) is 5.75 Å². The van der Waals surface area contributed by atoms with Crippen molar-refractivity contribution in [3.63, 3.8) is 0 Å². The molecule has 0 bridgehead atoms. The smallest absolute Gasteiger partial charge is 0.237 e. The van der Waals surface area contributed by atoms with E-state index in [1.54, 1.807) is 0 Å². The molecule has 1 rings (SSSR count). The predicted molar refractivity (Wildman–Crippen MR) is 58.5 cm³/mol. The first-order chi connectivity index (χ1) is 7.15. The molecule has 1 atom stereocenters. The molecule has 4 N–H and O–H groups in total. The summed E-state index contributed by atoms with van der Waals surface area (Å²) in [6.07, 6.45) is 0.877. The van der Waals surface area contributed by atoms with Crippen molar-refractivity contribution in [3.8, 4) is 5.75 Å². The number of primary amides is 1. The fourth-order valence-electron chi connectivity index (χ4n) is 1.20. The zero-order valence-electron chi connectivity index (χ0n) is 8.77. The highest BCUT2D eigenvalue weighted by molar-refractivity contribution is 5.79. The van der Waals surface area contributed by atoms with Crippen molar-refractivity contribution in [1.82, 2.24) is 0 Å². The monoisotopic (exact) mass is 208 g/mol. The first kappa shape index (κ1) is 11.5. The van der Waals surface area contributed by atoms with E-state index < -0.39 is 11.9 Å². The first-order valence-corrected chi connectivity index (χ1v) is 4.90. The first-order valence-electron chi connectivity index (χ1n) is 4.90. The van der Waals surface area contributed by atoms with Gasteiger partial charge in [0, 0.05) is 0 Å². The largest absolute Gasteiger partial charge is 0.491 e. The van der Waals surface area contributed by atoms with Crippen LogP contribution in [0.2, 0.25) is 0 Å². The SMILES string of the molecule is CCc1ccccc1OCC(N)C(N)=O. The van der Waals surface area contributed by atoms with Crippen LogP contribution in [-0.2, 0) is 11.2 Å². The van der Waals surface area contributed by atoms with E-state index in [1.165, 1.54) is 0 Å². The molecule has 4 heteroatoms. The third-order valence-corrected chi connectivity index (χ3v) is 2.14. The van der Waals surface area contributed by atoms with Crippen molar-refractivity contribution in [3.05, 3.63) is 29.8 Å². The van der Waals surface area contributed by atoms with E-state index >= 15 is 0 Å². The number of benzene rings is 1. The number of para-hydroxylation sites is 1. The molecule has 0 radical (unpaired) electrons. The van der Waals surface area contributed by atoms with Crippen LogP contribution in [0.15, 0.2) is 24.3 Å².